The number of rotatable bonds is 7. The Kier molecular flexibility index (Phi) is 5.88. The molecule has 3 heterocycles. The first-order valence-corrected chi connectivity index (χ1v) is 12.4. The topological polar surface area (TPSA) is 51.0 Å². The number of aromatic nitrogens is 3. The van der Waals surface area contributed by atoms with Crippen molar-refractivity contribution in [1.82, 2.24) is 19.4 Å². The first kappa shape index (κ1) is 23.2. The summed E-state index contributed by atoms with van der Waals surface area (Å²) in [5, 5.41) is 0.957. The predicted molar refractivity (Wildman–Crippen MR) is 126 cm³/mol. The molecular weight excluding hydrogens is 461 g/mol. The number of nitrogens with zero attached hydrogens (tertiary/aromatic N) is 4. The van der Waals surface area contributed by atoms with E-state index >= 15 is 0 Å². The van der Waals surface area contributed by atoms with Crippen molar-refractivity contribution in [1.29, 1.82) is 0 Å². The highest BCUT2D eigenvalue weighted by atomic mass is 32.1. The van der Waals surface area contributed by atoms with Crippen LogP contribution in [-0.2, 0) is 18.1 Å². The summed E-state index contributed by atoms with van der Waals surface area (Å²) in [7, 11) is 0. The van der Waals surface area contributed by atoms with Gasteiger partial charge in [-0.3, -0.25) is 4.57 Å². The van der Waals surface area contributed by atoms with E-state index in [2.05, 4.69) is 14.9 Å². The number of benzene rings is 1. The lowest BCUT2D eigenvalue weighted by atomic mass is 9.94. The third-order valence-electron chi connectivity index (χ3n) is 7.14. The van der Waals surface area contributed by atoms with E-state index in [4.69, 9.17) is 0 Å². The first-order chi connectivity index (χ1) is 16.2. The van der Waals surface area contributed by atoms with Gasteiger partial charge in [0.25, 0.3) is 0 Å². The van der Waals surface area contributed by atoms with Gasteiger partial charge in [0.2, 0.25) is 0 Å². The standard InChI is InChI=1S/C25H27F3N4OS/c1-16-22(34-17(2)29-16)21-9-12-32(23(33)30-21)11-4-3-10-31-14-20-13-24(20,15-31)18-5-7-19(8-6-18)25(26,27)28/h5-9,12,20H,3-4,10-11,13-15H2,1-2H3/t20-,24+/m0/s1. The van der Waals surface area contributed by atoms with Crippen LogP contribution in [0.1, 0.15) is 41.1 Å². The van der Waals surface area contributed by atoms with Crippen LogP contribution in [0.2, 0.25) is 0 Å². The number of halogens is 3. The molecular formula is C25H27F3N4OS. The maximum absolute atomic E-state index is 12.9. The molecule has 3 aromatic rings. The van der Waals surface area contributed by atoms with Gasteiger partial charge in [-0.2, -0.15) is 18.2 Å². The summed E-state index contributed by atoms with van der Waals surface area (Å²) in [5.74, 6) is 0.530. The molecule has 0 radical (unpaired) electrons. The summed E-state index contributed by atoms with van der Waals surface area (Å²) >= 11 is 1.54. The van der Waals surface area contributed by atoms with Crippen LogP contribution in [0.25, 0.3) is 10.6 Å². The molecule has 0 unspecified atom stereocenters. The minimum Gasteiger partial charge on any atom is -0.302 e. The Labute approximate surface area is 200 Å². The first-order valence-electron chi connectivity index (χ1n) is 11.6. The van der Waals surface area contributed by atoms with E-state index in [0.29, 0.717) is 18.2 Å². The molecule has 5 rings (SSSR count). The maximum atomic E-state index is 12.9. The molecule has 5 nitrogen and oxygen atoms in total. The van der Waals surface area contributed by atoms with Gasteiger partial charge >= 0.3 is 11.9 Å². The number of aryl methyl sites for hydroxylation is 3. The Balaban J connectivity index is 1.12. The monoisotopic (exact) mass is 488 g/mol. The average Bonchev–Trinajstić information content (AvgIpc) is 3.18. The zero-order valence-electron chi connectivity index (χ0n) is 19.2. The molecule has 2 aromatic heterocycles. The van der Waals surface area contributed by atoms with Crippen LogP contribution in [0, 0.1) is 19.8 Å². The molecule has 2 atom stereocenters. The van der Waals surface area contributed by atoms with Crippen molar-refractivity contribution >= 4 is 11.3 Å². The minimum atomic E-state index is -4.29. The third kappa shape index (κ3) is 4.43. The largest absolute Gasteiger partial charge is 0.416 e. The zero-order chi connectivity index (χ0) is 24.1. The molecule has 0 amide bonds. The van der Waals surface area contributed by atoms with Gasteiger partial charge in [-0.15, -0.1) is 11.3 Å². The molecule has 2 aliphatic rings. The highest BCUT2D eigenvalue weighted by Gasteiger charge is 2.60. The summed E-state index contributed by atoms with van der Waals surface area (Å²) in [4.78, 5) is 24.5. The van der Waals surface area contributed by atoms with Gasteiger partial charge in [0, 0.05) is 31.2 Å². The van der Waals surface area contributed by atoms with E-state index in [-0.39, 0.29) is 11.1 Å². The Morgan fingerprint density at radius 1 is 1.09 bits per heavy atom. The van der Waals surface area contributed by atoms with E-state index in [9.17, 15) is 18.0 Å². The van der Waals surface area contributed by atoms with Gasteiger partial charge in [0.1, 0.15) is 0 Å². The number of fused-ring (bicyclic) bond motifs is 1. The molecule has 9 heteroatoms. The lowest BCUT2D eigenvalue weighted by molar-refractivity contribution is -0.137. The molecule has 1 saturated heterocycles. The van der Waals surface area contributed by atoms with Crippen LogP contribution < -0.4 is 5.69 Å². The smallest absolute Gasteiger partial charge is 0.302 e. The molecule has 1 aliphatic carbocycles. The molecule has 0 spiro atoms. The number of hydrogen-bond acceptors (Lipinski definition) is 5. The highest BCUT2D eigenvalue weighted by Crippen LogP contribution is 2.59. The summed E-state index contributed by atoms with van der Waals surface area (Å²) in [6.07, 6.45) is 0.397. The summed E-state index contributed by atoms with van der Waals surface area (Å²) in [5.41, 5.74) is 1.78. The predicted octanol–water partition coefficient (Wildman–Crippen LogP) is 5.06. The molecule has 0 bridgehead atoms. The number of thiazole rings is 1. The Morgan fingerprint density at radius 3 is 2.47 bits per heavy atom. The lowest BCUT2D eigenvalue weighted by Gasteiger charge is -2.21. The third-order valence-corrected chi connectivity index (χ3v) is 8.23. The quantitative estimate of drug-likeness (QED) is 0.437. The molecule has 0 N–H and O–H groups in total. The van der Waals surface area contributed by atoms with Crippen LogP contribution in [0.5, 0.6) is 0 Å². The van der Waals surface area contributed by atoms with Crippen molar-refractivity contribution in [3.63, 3.8) is 0 Å². The second-order valence-corrected chi connectivity index (χ2v) is 10.7. The average molecular weight is 489 g/mol. The minimum absolute atomic E-state index is 0.0218. The van der Waals surface area contributed by atoms with Crippen molar-refractivity contribution in [2.45, 2.75) is 51.2 Å². The summed E-state index contributed by atoms with van der Waals surface area (Å²) < 4.78 is 40.2. The maximum Gasteiger partial charge on any atom is 0.416 e. The molecule has 1 saturated carbocycles. The molecule has 1 aromatic carbocycles. The summed E-state index contributed by atoms with van der Waals surface area (Å²) in [6, 6.07) is 7.60. The van der Waals surface area contributed by atoms with Crippen molar-refractivity contribution in [3.05, 3.63) is 68.8 Å². The van der Waals surface area contributed by atoms with E-state index in [0.717, 1.165) is 60.0 Å². The van der Waals surface area contributed by atoms with E-state index in [1.54, 1.807) is 28.0 Å². The van der Waals surface area contributed by atoms with Gasteiger partial charge in [0.15, 0.2) is 0 Å². The molecule has 2 fully saturated rings. The van der Waals surface area contributed by atoms with Crippen molar-refractivity contribution in [3.8, 4) is 10.6 Å². The lowest BCUT2D eigenvalue weighted by Crippen LogP contribution is -2.28. The SMILES string of the molecule is Cc1nc(C)c(-c2ccn(CCCCN3C[C@@H]4C[C@]4(c4ccc(C(F)(F)F)cc4)C3)c(=O)n2)s1. The van der Waals surface area contributed by atoms with Crippen LogP contribution >= 0.6 is 11.3 Å². The van der Waals surface area contributed by atoms with Gasteiger partial charge in [-0.1, -0.05) is 12.1 Å². The highest BCUT2D eigenvalue weighted by molar-refractivity contribution is 7.15. The Bertz CT molecular complexity index is 1250. The van der Waals surface area contributed by atoms with E-state index in [1.165, 1.54) is 12.1 Å². The zero-order valence-corrected chi connectivity index (χ0v) is 20.0. The van der Waals surface area contributed by atoms with Crippen molar-refractivity contribution in [2.24, 2.45) is 5.92 Å². The fraction of sp³-hybridized carbons (Fsp3) is 0.480. The van der Waals surface area contributed by atoms with Gasteiger partial charge in [-0.25, -0.2) is 9.78 Å². The van der Waals surface area contributed by atoms with Crippen LogP contribution in [0.4, 0.5) is 13.2 Å². The van der Waals surface area contributed by atoms with Crippen LogP contribution in [0.15, 0.2) is 41.3 Å². The second kappa shape index (κ2) is 8.61. The van der Waals surface area contributed by atoms with Crippen molar-refractivity contribution in [2.75, 3.05) is 19.6 Å². The Hall–Kier alpha value is -2.52. The summed E-state index contributed by atoms with van der Waals surface area (Å²) in [6.45, 7) is 7.30. The van der Waals surface area contributed by atoms with Gasteiger partial charge in [0.05, 0.1) is 26.8 Å². The van der Waals surface area contributed by atoms with Crippen molar-refractivity contribution < 1.29 is 13.2 Å². The van der Waals surface area contributed by atoms with E-state index in [1.807, 2.05) is 26.1 Å². The number of hydrogen-bond donors (Lipinski definition) is 0. The number of likely N-dealkylation sites (tertiary alicyclic amines) is 1. The normalized spacial score (nSPS) is 22.2. The van der Waals surface area contributed by atoms with Gasteiger partial charge < -0.3 is 4.90 Å². The fourth-order valence-electron chi connectivity index (χ4n) is 5.31. The number of alkyl halides is 3. The number of piperidine rings is 1. The second-order valence-electron chi connectivity index (χ2n) is 9.51. The molecule has 34 heavy (non-hydrogen) atoms. The van der Waals surface area contributed by atoms with E-state index < -0.39 is 11.7 Å². The molecule has 1 aliphatic heterocycles. The fourth-order valence-corrected chi connectivity index (χ4v) is 6.20. The van der Waals surface area contributed by atoms with Gasteiger partial charge in [-0.05, 0) is 69.3 Å². The number of unbranched alkanes of at least 4 members (excludes halogenated alkanes) is 1. The van der Waals surface area contributed by atoms with Crippen LogP contribution in [-0.4, -0.2) is 39.1 Å². The Morgan fingerprint density at radius 2 is 1.82 bits per heavy atom. The molecule has 180 valence electrons. The van der Waals surface area contributed by atoms with Crippen LogP contribution in [0.3, 0.4) is 0 Å².